The second kappa shape index (κ2) is 8.83. The van der Waals surface area contributed by atoms with Crippen LogP contribution in [0.5, 0.6) is 5.19 Å². The van der Waals surface area contributed by atoms with Crippen LogP contribution in [0.1, 0.15) is 61.9 Å². The van der Waals surface area contributed by atoms with E-state index in [-0.39, 0.29) is 0 Å². The topological polar surface area (TPSA) is 34.6 Å². The van der Waals surface area contributed by atoms with E-state index in [1.807, 2.05) is 0 Å². The molecule has 25 heavy (non-hydrogen) atoms. The molecule has 4 nitrogen and oxygen atoms in total. The predicted molar refractivity (Wildman–Crippen MR) is 102 cm³/mol. The normalized spacial score (nSPS) is 24.0. The molecule has 0 bridgehead atoms. The molecule has 0 atom stereocenters. The lowest BCUT2D eigenvalue weighted by molar-refractivity contribution is 0.0254. The van der Waals surface area contributed by atoms with Crippen molar-refractivity contribution in [2.45, 2.75) is 70.3 Å². The van der Waals surface area contributed by atoms with Gasteiger partial charge in [0, 0.05) is 37.2 Å². The van der Waals surface area contributed by atoms with Gasteiger partial charge in [0.15, 0.2) is 0 Å². The van der Waals surface area contributed by atoms with Crippen LogP contribution in [0.2, 0.25) is 0 Å². The fourth-order valence-electron chi connectivity index (χ4n) is 4.44. The average molecular weight is 365 g/mol. The fourth-order valence-corrected chi connectivity index (χ4v) is 5.45. The molecule has 1 aliphatic carbocycles. The first-order valence-electron chi connectivity index (χ1n) is 10.3. The number of rotatable bonds is 5. The largest absolute Gasteiger partial charge is 0.467 e. The number of thiazole rings is 1. The van der Waals surface area contributed by atoms with Gasteiger partial charge in [-0.05, 0) is 25.3 Å². The molecular weight excluding hydrogens is 332 g/mol. The molecule has 2 fully saturated rings. The third kappa shape index (κ3) is 4.95. The highest BCUT2D eigenvalue weighted by Crippen LogP contribution is 2.31. The summed E-state index contributed by atoms with van der Waals surface area (Å²) in [5.74, 6) is 0.990. The van der Waals surface area contributed by atoms with Crippen molar-refractivity contribution in [1.82, 2.24) is 9.88 Å². The highest BCUT2D eigenvalue weighted by Gasteiger charge is 2.22. The maximum Gasteiger partial charge on any atom is 0.273 e. The molecule has 0 unspecified atom stereocenters. The van der Waals surface area contributed by atoms with Crippen LogP contribution in [0.4, 0.5) is 0 Å². The van der Waals surface area contributed by atoms with E-state index in [2.05, 4.69) is 4.90 Å². The molecule has 3 aliphatic rings. The average Bonchev–Trinajstić information content (AvgIpc) is 2.94. The molecule has 140 valence electrons. The molecule has 5 heteroatoms. The summed E-state index contributed by atoms with van der Waals surface area (Å²) in [6, 6.07) is 0. The summed E-state index contributed by atoms with van der Waals surface area (Å²) in [4.78, 5) is 8.95. The van der Waals surface area contributed by atoms with E-state index in [4.69, 9.17) is 14.5 Å². The van der Waals surface area contributed by atoms with Gasteiger partial charge in [-0.3, -0.25) is 0 Å². The van der Waals surface area contributed by atoms with Crippen LogP contribution in [0.15, 0.2) is 0 Å². The second-order valence-electron chi connectivity index (χ2n) is 7.91. The lowest BCUT2D eigenvalue weighted by Crippen LogP contribution is -2.29. The Morgan fingerprint density at radius 3 is 2.68 bits per heavy atom. The molecular formula is C20H32N2O2S. The van der Waals surface area contributed by atoms with Crippen molar-refractivity contribution in [3.8, 4) is 5.19 Å². The highest BCUT2D eigenvalue weighted by atomic mass is 32.1. The van der Waals surface area contributed by atoms with Crippen LogP contribution in [-0.2, 0) is 17.6 Å². The van der Waals surface area contributed by atoms with Crippen molar-refractivity contribution in [3.05, 3.63) is 10.6 Å². The lowest BCUT2D eigenvalue weighted by Gasteiger charge is -2.26. The Morgan fingerprint density at radius 2 is 1.84 bits per heavy atom. The number of hydrogen-bond acceptors (Lipinski definition) is 5. The van der Waals surface area contributed by atoms with E-state index < -0.39 is 0 Å². The summed E-state index contributed by atoms with van der Waals surface area (Å²) >= 11 is 1.79. The van der Waals surface area contributed by atoms with E-state index in [0.29, 0.717) is 6.10 Å². The minimum atomic E-state index is 0.301. The quantitative estimate of drug-likeness (QED) is 0.789. The maximum absolute atomic E-state index is 6.12. The molecule has 0 amide bonds. The number of aromatic nitrogens is 1. The molecule has 3 heterocycles. The summed E-state index contributed by atoms with van der Waals surface area (Å²) < 4.78 is 11.5. The predicted octanol–water partition coefficient (Wildman–Crippen LogP) is 4.07. The Bertz CT molecular complexity index is 510. The summed E-state index contributed by atoms with van der Waals surface area (Å²) in [6.07, 6.45) is 13.3. The molecule has 1 saturated heterocycles. The van der Waals surface area contributed by atoms with E-state index in [0.717, 1.165) is 50.0 Å². The highest BCUT2D eigenvalue weighted by molar-refractivity contribution is 7.13. The van der Waals surface area contributed by atoms with Gasteiger partial charge in [-0.1, -0.05) is 43.4 Å². The minimum Gasteiger partial charge on any atom is -0.467 e. The molecule has 0 radical (unpaired) electrons. The Kier molecular flexibility index (Phi) is 6.27. The van der Waals surface area contributed by atoms with E-state index in [1.54, 1.807) is 11.3 Å². The van der Waals surface area contributed by atoms with Gasteiger partial charge in [-0.15, -0.1) is 0 Å². The van der Waals surface area contributed by atoms with Gasteiger partial charge in [-0.2, -0.15) is 0 Å². The zero-order chi connectivity index (χ0) is 16.9. The number of nitrogens with zero attached hydrogens (tertiary/aromatic N) is 2. The SMILES string of the molecule is C1CCC(CCN2CCc3nc(OC4CCOCC4)sc3CC2)CC1. The number of ether oxygens (including phenoxy) is 2. The van der Waals surface area contributed by atoms with Gasteiger partial charge in [0.1, 0.15) is 6.10 Å². The molecule has 2 aliphatic heterocycles. The second-order valence-corrected chi connectivity index (χ2v) is 8.96. The molecule has 1 aromatic heterocycles. The van der Waals surface area contributed by atoms with E-state index >= 15 is 0 Å². The maximum atomic E-state index is 6.12. The molecule has 0 spiro atoms. The Hall–Kier alpha value is -0.650. The van der Waals surface area contributed by atoms with Gasteiger partial charge in [-0.25, -0.2) is 4.98 Å². The summed E-state index contributed by atoms with van der Waals surface area (Å²) in [5.41, 5.74) is 1.30. The monoisotopic (exact) mass is 364 g/mol. The Morgan fingerprint density at radius 1 is 1.04 bits per heavy atom. The van der Waals surface area contributed by atoms with Gasteiger partial charge < -0.3 is 14.4 Å². The van der Waals surface area contributed by atoms with Crippen molar-refractivity contribution in [2.75, 3.05) is 32.8 Å². The first-order valence-corrected chi connectivity index (χ1v) is 11.1. The summed E-state index contributed by atoms with van der Waals surface area (Å²) in [5, 5.41) is 0.896. The van der Waals surface area contributed by atoms with Crippen molar-refractivity contribution in [1.29, 1.82) is 0 Å². The Balaban J connectivity index is 1.25. The first kappa shape index (κ1) is 17.7. The molecule has 0 N–H and O–H groups in total. The van der Waals surface area contributed by atoms with Crippen molar-refractivity contribution >= 4 is 11.3 Å². The van der Waals surface area contributed by atoms with Crippen LogP contribution >= 0.6 is 11.3 Å². The molecule has 4 rings (SSSR count). The first-order chi connectivity index (χ1) is 12.4. The zero-order valence-electron chi connectivity index (χ0n) is 15.4. The van der Waals surface area contributed by atoms with Crippen LogP contribution in [-0.4, -0.2) is 48.8 Å². The van der Waals surface area contributed by atoms with Crippen molar-refractivity contribution in [2.24, 2.45) is 5.92 Å². The smallest absolute Gasteiger partial charge is 0.273 e. The summed E-state index contributed by atoms with van der Waals surface area (Å²) in [6.45, 7) is 5.29. The molecule has 1 saturated carbocycles. The standard InChI is InChI=1S/C20H32N2O2S/c1-2-4-16(5-3-1)6-11-22-12-7-18-19(8-13-22)25-20(21-18)24-17-9-14-23-15-10-17/h16-17H,1-15H2. The fraction of sp³-hybridized carbons (Fsp3) is 0.850. The Labute approximate surface area is 155 Å². The van der Waals surface area contributed by atoms with Crippen LogP contribution in [0.3, 0.4) is 0 Å². The third-order valence-corrected chi connectivity index (χ3v) is 7.14. The van der Waals surface area contributed by atoms with Crippen molar-refractivity contribution in [3.63, 3.8) is 0 Å². The molecule has 0 aromatic carbocycles. The van der Waals surface area contributed by atoms with E-state index in [9.17, 15) is 0 Å². The minimum absolute atomic E-state index is 0.301. The zero-order valence-corrected chi connectivity index (χ0v) is 16.2. The van der Waals surface area contributed by atoms with Crippen LogP contribution in [0.25, 0.3) is 0 Å². The lowest BCUT2D eigenvalue weighted by atomic mass is 9.87. The van der Waals surface area contributed by atoms with Gasteiger partial charge in [0.25, 0.3) is 5.19 Å². The van der Waals surface area contributed by atoms with Crippen LogP contribution < -0.4 is 4.74 Å². The van der Waals surface area contributed by atoms with Gasteiger partial charge in [0.05, 0.1) is 18.9 Å². The van der Waals surface area contributed by atoms with Crippen molar-refractivity contribution < 1.29 is 9.47 Å². The summed E-state index contributed by atoms with van der Waals surface area (Å²) in [7, 11) is 0. The van der Waals surface area contributed by atoms with E-state index in [1.165, 1.54) is 68.7 Å². The third-order valence-electron chi connectivity index (χ3n) is 6.09. The number of hydrogen-bond donors (Lipinski definition) is 0. The molecule has 1 aromatic rings. The van der Waals surface area contributed by atoms with Gasteiger partial charge in [0.2, 0.25) is 0 Å². The number of fused-ring (bicyclic) bond motifs is 1. The van der Waals surface area contributed by atoms with Crippen LogP contribution in [0, 0.1) is 5.92 Å². The van der Waals surface area contributed by atoms with Gasteiger partial charge >= 0.3 is 0 Å².